The lowest BCUT2D eigenvalue weighted by molar-refractivity contribution is 0.362. The highest BCUT2D eigenvalue weighted by atomic mass is 16.3. The maximum absolute atomic E-state index is 11.0. The van der Waals surface area contributed by atoms with Gasteiger partial charge in [-0.1, -0.05) is 170 Å². The Hall–Kier alpha value is -1.18. The first kappa shape index (κ1) is 34.8. The van der Waals surface area contributed by atoms with Crippen LogP contribution in [0, 0.1) is 0 Å². The van der Waals surface area contributed by atoms with Crippen molar-refractivity contribution in [1.29, 1.82) is 0 Å². The number of rotatable bonds is 24. The summed E-state index contributed by atoms with van der Waals surface area (Å²) in [6.45, 7) is 13.6. The van der Waals surface area contributed by atoms with Crippen LogP contribution in [0.1, 0.15) is 194 Å². The Balaban J connectivity index is 2.57. The molecule has 1 aromatic rings. The van der Waals surface area contributed by atoms with E-state index in [-0.39, 0.29) is 10.8 Å². The molecule has 0 fully saturated rings. The summed E-state index contributed by atoms with van der Waals surface area (Å²) in [5.74, 6) is 0.706. The van der Waals surface area contributed by atoms with Crippen LogP contribution in [0.3, 0.4) is 0 Å². The summed E-state index contributed by atoms with van der Waals surface area (Å²) in [7, 11) is 0. The van der Waals surface area contributed by atoms with Crippen molar-refractivity contribution in [3.8, 4) is 11.5 Å². The third-order valence-electron chi connectivity index (χ3n) is 8.83. The molecule has 2 nitrogen and oxygen atoms in total. The maximum Gasteiger partial charge on any atom is 0.119 e. The molecule has 0 aromatic heterocycles. The van der Waals surface area contributed by atoms with Gasteiger partial charge >= 0.3 is 0 Å². The smallest absolute Gasteiger partial charge is 0.119 e. The van der Waals surface area contributed by atoms with Crippen molar-refractivity contribution in [2.24, 2.45) is 0 Å². The molecule has 0 atom stereocenters. The van der Waals surface area contributed by atoms with Crippen molar-refractivity contribution in [1.82, 2.24) is 0 Å². The van der Waals surface area contributed by atoms with Crippen LogP contribution in [-0.2, 0) is 10.8 Å². The lowest BCUT2D eigenvalue weighted by atomic mass is 9.69. The number of unbranched alkanes of at least 4 members (excludes halogenated alkanes) is 18. The van der Waals surface area contributed by atoms with E-state index in [9.17, 15) is 10.2 Å². The average molecular weight is 531 g/mol. The minimum atomic E-state index is -0.159. The molecule has 0 spiro atoms. The molecule has 0 aliphatic rings. The van der Waals surface area contributed by atoms with Gasteiger partial charge in [0.1, 0.15) is 11.5 Å². The van der Waals surface area contributed by atoms with E-state index in [4.69, 9.17) is 0 Å². The van der Waals surface area contributed by atoms with E-state index in [2.05, 4.69) is 41.5 Å². The fourth-order valence-corrected chi connectivity index (χ4v) is 6.31. The number of benzene rings is 1. The van der Waals surface area contributed by atoms with Gasteiger partial charge in [-0.15, -0.1) is 0 Å². The molecule has 2 heteroatoms. The van der Waals surface area contributed by atoms with Crippen LogP contribution < -0.4 is 0 Å². The first-order chi connectivity index (χ1) is 18.2. The monoisotopic (exact) mass is 531 g/mol. The van der Waals surface area contributed by atoms with Gasteiger partial charge in [0.25, 0.3) is 0 Å². The normalized spacial score (nSPS) is 12.4. The molecular weight excluding hydrogens is 464 g/mol. The third-order valence-corrected chi connectivity index (χ3v) is 8.83. The molecule has 1 aromatic carbocycles. The first-order valence-corrected chi connectivity index (χ1v) is 16.7. The van der Waals surface area contributed by atoms with Crippen molar-refractivity contribution in [2.75, 3.05) is 0 Å². The molecule has 0 unspecified atom stereocenters. The number of hydrogen-bond acceptors (Lipinski definition) is 2. The molecule has 0 bridgehead atoms. The van der Waals surface area contributed by atoms with Gasteiger partial charge in [-0.2, -0.15) is 0 Å². The minimum absolute atomic E-state index is 0.159. The summed E-state index contributed by atoms with van der Waals surface area (Å²) >= 11 is 0. The molecule has 0 radical (unpaired) electrons. The summed E-state index contributed by atoms with van der Waals surface area (Å²) in [6, 6.07) is 3.40. The van der Waals surface area contributed by atoms with Crippen molar-refractivity contribution < 1.29 is 10.2 Å². The van der Waals surface area contributed by atoms with Crippen molar-refractivity contribution in [2.45, 2.75) is 194 Å². The van der Waals surface area contributed by atoms with Gasteiger partial charge in [0, 0.05) is 11.1 Å². The van der Waals surface area contributed by atoms with Crippen LogP contribution in [0.4, 0.5) is 0 Å². The van der Waals surface area contributed by atoms with E-state index in [1.807, 2.05) is 0 Å². The molecule has 2 N–H and O–H groups in total. The molecule has 0 aliphatic heterocycles. The van der Waals surface area contributed by atoms with E-state index in [1.165, 1.54) is 128 Å². The van der Waals surface area contributed by atoms with Crippen LogP contribution in [0.5, 0.6) is 11.5 Å². The van der Waals surface area contributed by atoms with Crippen LogP contribution in [0.15, 0.2) is 12.1 Å². The Morgan fingerprint density at radius 3 is 0.921 bits per heavy atom. The number of phenols is 2. The molecule has 0 aliphatic carbocycles. The zero-order valence-corrected chi connectivity index (χ0v) is 26.6. The molecule has 0 heterocycles. The average Bonchev–Trinajstić information content (AvgIpc) is 2.87. The maximum atomic E-state index is 11.0. The molecular formula is C36H66O2. The number of phenolic OH excluding ortho intramolecular Hbond substituents is 2. The Morgan fingerprint density at radius 2 is 0.658 bits per heavy atom. The predicted molar refractivity (Wildman–Crippen MR) is 169 cm³/mol. The van der Waals surface area contributed by atoms with E-state index in [0.29, 0.717) is 11.5 Å². The van der Waals surface area contributed by atoms with Crippen LogP contribution >= 0.6 is 0 Å². The Bertz CT molecular complexity index is 657. The molecule has 0 amide bonds. The highest BCUT2D eigenvalue weighted by Crippen LogP contribution is 2.47. The second-order valence-corrected chi connectivity index (χ2v) is 13.5. The molecule has 0 saturated carbocycles. The van der Waals surface area contributed by atoms with Gasteiger partial charge in [0.2, 0.25) is 0 Å². The fraction of sp³-hybridized carbons (Fsp3) is 0.833. The summed E-state index contributed by atoms with van der Waals surface area (Å²) < 4.78 is 0. The second-order valence-electron chi connectivity index (χ2n) is 13.5. The Kier molecular flexibility index (Phi) is 18.2. The van der Waals surface area contributed by atoms with Gasteiger partial charge in [-0.3, -0.25) is 0 Å². The van der Waals surface area contributed by atoms with Gasteiger partial charge in [-0.25, -0.2) is 0 Å². The molecule has 0 saturated heterocycles. The van der Waals surface area contributed by atoms with Crippen LogP contribution in [0.2, 0.25) is 0 Å². The van der Waals surface area contributed by atoms with Crippen LogP contribution in [-0.4, -0.2) is 10.2 Å². The largest absolute Gasteiger partial charge is 0.508 e. The SMILES string of the molecule is CCCCCCCCCCCCC(C)(C)c1c(O)ccc(O)c1C(C)(C)CCCCCCCCCCCC. The third kappa shape index (κ3) is 13.7. The standard InChI is InChI=1S/C36H66O2/c1-7-9-11-13-15-17-19-21-23-25-29-35(3,4)33-31(37)27-28-32(38)34(33)36(5,6)30-26-24-22-20-18-16-14-12-10-8-2/h27-28,37-38H,7-26,29-30H2,1-6H3. The van der Waals surface area contributed by atoms with Gasteiger partial charge in [0.15, 0.2) is 0 Å². The summed E-state index contributed by atoms with van der Waals surface area (Å²) in [5, 5.41) is 22.0. The molecule has 1 rings (SSSR count). The van der Waals surface area contributed by atoms with E-state index >= 15 is 0 Å². The molecule has 38 heavy (non-hydrogen) atoms. The summed E-state index contributed by atoms with van der Waals surface area (Å²) in [5.41, 5.74) is 1.64. The van der Waals surface area contributed by atoms with E-state index in [0.717, 1.165) is 24.0 Å². The quantitative estimate of drug-likeness (QED) is 0.103. The molecule has 222 valence electrons. The van der Waals surface area contributed by atoms with E-state index in [1.54, 1.807) is 12.1 Å². The van der Waals surface area contributed by atoms with Crippen molar-refractivity contribution in [3.05, 3.63) is 23.3 Å². The zero-order valence-electron chi connectivity index (χ0n) is 26.6. The van der Waals surface area contributed by atoms with Gasteiger partial charge < -0.3 is 10.2 Å². The lowest BCUT2D eigenvalue weighted by Gasteiger charge is -2.36. The topological polar surface area (TPSA) is 40.5 Å². The first-order valence-electron chi connectivity index (χ1n) is 16.7. The van der Waals surface area contributed by atoms with Crippen molar-refractivity contribution in [3.63, 3.8) is 0 Å². The van der Waals surface area contributed by atoms with Gasteiger partial charge in [-0.05, 0) is 35.8 Å². The van der Waals surface area contributed by atoms with Crippen LogP contribution in [0.25, 0.3) is 0 Å². The highest BCUT2D eigenvalue weighted by Gasteiger charge is 2.35. The predicted octanol–water partition coefficient (Wildman–Crippen LogP) is 12.3. The Labute approximate surface area is 238 Å². The zero-order chi connectivity index (χ0) is 28.3. The Morgan fingerprint density at radius 1 is 0.421 bits per heavy atom. The number of aromatic hydroxyl groups is 2. The lowest BCUT2D eigenvalue weighted by Crippen LogP contribution is -2.27. The minimum Gasteiger partial charge on any atom is -0.508 e. The highest BCUT2D eigenvalue weighted by molar-refractivity contribution is 5.54. The summed E-state index contributed by atoms with van der Waals surface area (Å²) in [6.07, 6.45) is 28.8. The van der Waals surface area contributed by atoms with Crippen molar-refractivity contribution >= 4 is 0 Å². The summed E-state index contributed by atoms with van der Waals surface area (Å²) in [4.78, 5) is 0. The van der Waals surface area contributed by atoms with E-state index < -0.39 is 0 Å². The second kappa shape index (κ2) is 19.8. The van der Waals surface area contributed by atoms with Gasteiger partial charge in [0.05, 0.1) is 0 Å². The fourth-order valence-electron chi connectivity index (χ4n) is 6.31. The number of hydrogen-bond donors (Lipinski definition) is 2.